The highest BCUT2D eigenvalue weighted by atomic mass is 16.1. The van der Waals surface area contributed by atoms with Crippen LogP contribution >= 0.6 is 0 Å². The molecule has 0 bridgehead atoms. The molecule has 136 valence electrons. The standard InChI is InChI=1S/C20H20N6O/c1-25(12-14-8-4-2-5-9-14)19-23-17(21)16-18(24-19)26(20(27)22-16)13-15-10-6-3-7-11-15/h2-11H,12-13H2,1H3,(H,22,27)(H2,21,23,24). The van der Waals surface area contributed by atoms with Gasteiger partial charge in [0.1, 0.15) is 5.52 Å². The molecule has 2 heterocycles. The van der Waals surface area contributed by atoms with Crippen molar-refractivity contribution in [3.8, 4) is 0 Å². The molecule has 7 nitrogen and oxygen atoms in total. The molecule has 0 unspecified atom stereocenters. The third-order valence-electron chi connectivity index (χ3n) is 4.43. The number of imidazole rings is 1. The molecule has 27 heavy (non-hydrogen) atoms. The second kappa shape index (κ2) is 6.95. The second-order valence-electron chi connectivity index (χ2n) is 6.45. The molecule has 0 atom stereocenters. The van der Waals surface area contributed by atoms with Crippen molar-refractivity contribution in [1.82, 2.24) is 19.5 Å². The van der Waals surface area contributed by atoms with E-state index in [0.717, 1.165) is 11.1 Å². The Kier molecular flexibility index (Phi) is 4.33. The number of H-pyrrole nitrogens is 1. The van der Waals surface area contributed by atoms with Crippen LogP contribution in [0, 0.1) is 0 Å². The smallest absolute Gasteiger partial charge is 0.328 e. The average molecular weight is 360 g/mol. The molecule has 7 heteroatoms. The summed E-state index contributed by atoms with van der Waals surface area (Å²) in [7, 11) is 1.90. The van der Waals surface area contributed by atoms with E-state index < -0.39 is 0 Å². The Bertz CT molecular complexity index is 1120. The van der Waals surface area contributed by atoms with Crippen LogP contribution in [0.1, 0.15) is 11.1 Å². The zero-order valence-electron chi connectivity index (χ0n) is 15.0. The normalized spacial score (nSPS) is 11.0. The first kappa shape index (κ1) is 16.8. The molecule has 0 aliphatic heterocycles. The van der Waals surface area contributed by atoms with Gasteiger partial charge in [-0.1, -0.05) is 60.7 Å². The van der Waals surface area contributed by atoms with Crippen LogP contribution in [-0.2, 0) is 13.1 Å². The minimum absolute atomic E-state index is 0.252. The van der Waals surface area contributed by atoms with Gasteiger partial charge in [-0.25, -0.2) is 4.79 Å². The van der Waals surface area contributed by atoms with Crippen molar-refractivity contribution in [1.29, 1.82) is 0 Å². The fourth-order valence-electron chi connectivity index (χ4n) is 3.05. The highest BCUT2D eigenvalue weighted by Crippen LogP contribution is 2.20. The van der Waals surface area contributed by atoms with Crippen LogP contribution < -0.4 is 16.3 Å². The van der Waals surface area contributed by atoms with Crippen LogP contribution in [0.4, 0.5) is 11.8 Å². The van der Waals surface area contributed by atoms with Crippen molar-refractivity contribution >= 4 is 22.9 Å². The van der Waals surface area contributed by atoms with Crippen LogP contribution in [0.2, 0.25) is 0 Å². The number of aromatic nitrogens is 4. The summed E-state index contributed by atoms with van der Waals surface area (Å²) in [6, 6.07) is 19.8. The Balaban J connectivity index is 1.73. The number of nitrogen functional groups attached to an aromatic ring is 1. The quantitative estimate of drug-likeness (QED) is 0.570. The van der Waals surface area contributed by atoms with Gasteiger partial charge in [0.25, 0.3) is 0 Å². The number of fused-ring (bicyclic) bond motifs is 1. The molecule has 0 amide bonds. The molecule has 0 radical (unpaired) electrons. The van der Waals surface area contributed by atoms with E-state index in [1.807, 2.05) is 72.6 Å². The maximum absolute atomic E-state index is 12.4. The van der Waals surface area contributed by atoms with Crippen molar-refractivity contribution in [2.24, 2.45) is 0 Å². The summed E-state index contributed by atoms with van der Waals surface area (Å²) in [4.78, 5) is 26.1. The summed E-state index contributed by atoms with van der Waals surface area (Å²) in [6.45, 7) is 1.05. The summed E-state index contributed by atoms with van der Waals surface area (Å²) >= 11 is 0. The first-order valence-electron chi connectivity index (χ1n) is 8.67. The molecule has 0 saturated carbocycles. The zero-order valence-corrected chi connectivity index (χ0v) is 15.0. The number of nitrogens with zero attached hydrogens (tertiary/aromatic N) is 4. The summed E-state index contributed by atoms with van der Waals surface area (Å²) in [5, 5.41) is 0. The second-order valence-corrected chi connectivity index (χ2v) is 6.45. The average Bonchev–Trinajstić information content (AvgIpc) is 3.00. The molecule has 2 aromatic heterocycles. The number of hydrogen-bond acceptors (Lipinski definition) is 5. The Labute approximate surface area is 156 Å². The van der Waals surface area contributed by atoms with Crippen molar-refractivity contribution in [3.63, 3.8) is 0 Å². The van der Waals surface area contributed by atoms with E-state index in [2.05, 4.69) is 15.0 Å². The van der Waals surface area contributed by atoms with E-state index in [1.165, 1.54) is 0 Å². The van der Waals surface area contributed by atoms with Crippen molar-refractivity contribution in [2.75, 3.05) is 17.7 Å². The largest absolute Gasteiger partial charge is 0.382 e. The van der Waals surface area contributed by atoms with Gasteiger partial charge >= 0.3 is 5.69 Å². The highest BCUT2D eigenvalue weighted by Gasteiger charge is 2.16. The van der Waals surface area contributed by atoms with E-state index in [9.17, 15) is 4.79 Å². The first-order chi connectivity index (χ1) is 13.1. The van der Waals surface area contributed by atoms with Crippen molar-refractivity contribution in [3.05, 3.63) is 82.3 Å². The van der Waals surface area contributed by atoms with Gasteiger partial charge in [0.05, 0.1) is 6.54 Å². The zero-order chi connectivity index (χ0) is 18.8. The molecule has 0 saturated heterocycles. The molecule has 4 aromatic rings. The van der Waals surface area contributed by atoms with Crippen molar-refractivity contribution < 1.29 is 0 Å². The monoisotopic (exact) mass is 360 g/mol. The van der Waals surface area contributed by atoms with Gasteiger partial charge in [0, 0.05) is 13.6 Å². The predicted molar refractivity (Wildman–Crippen MR) is 107 cm³/mol. The third-order valence-corrected chi connectivity index (χ3v) is 4.43. The van der Waals surface area contributed by atoms with Gasteiger partial charge in [-0.3, -0.25) is 4.57 Å². The van der Waals surface area contributed by atoms with Gasteiger partial charge in [-0.05, 0) is 11.1 Å². The molecule has 0 spiro atoms. The Morgan fingerprint density at radius 3 is 2.30 bits per heavy atom. The van der Waals surface area contributed by atoms with Crippen LogP contribution in [0.15, 0.2) is 65.5 Å². The third kappa shape index (κ3) is 3.39. The number of aromatic amines is 1. The highest BCUT2D eigenvalue weighted by molar-refractivity contribution is 5.83. The van der Waals surface area contributed by atoms with E-state index >= 15 is 0 Å². The lowest BCUT2D eigenvalue weighted by Crippen LogP contribution is -2.21. The van der Waals surface area contributed by atoms with E-state index in [4.69, 9.17) is 5.73 Å². The SMILES string of the molecule is CN(Cc1ccccc1)c1nc(N)c2[nH]c(=O)n(Cc3ccccc3)c2n1. The van der Waals surface area contributed by atoms with Crippen molar-refractivity contribution in [2.45, 2.75) is 13.1 Å². The number of anilines is 2. The number of hydrogen-bond donors (Lipinski definition) is 2. The number of benzene rings is 2. The fraction of sp³-hybridized carbons (Fsp3) is 0.150. The molecule has 0 aliphatic rings. The maximum atomic E-state index is 12.4. The van der Waals surface area contributed by atoms with Crippen LogP contribution in [0.25, 0.3) is 11.2 Å². The summed E-state index contributed by atoms with van der Waals surface area (Å²) < 4.78 is 1.59. The summed E-state index contributed by atoms with van der Waals surface area (Å²) in [5.41, 5.74) is 8.97. The fourth-order valence-corrected chi connectivity index (χ4v) is 3.05. The van der Waals surface area contributed by atoms with E-state index in [1.54, 1.807) is 4.57 Å². The number of nitrogens with one attached hydrogen (secondary N) is 1. The Morgan fingerprint density at radius 1 is 1.00 bits per heavy atom. The van der Waals surface area contributed by atoms with Crippen LogP contribution in [0.3, 0.4) is 0 Å². The lowest BCUT2D eigenvalue weighted by Gasteiger charge is -2.17. The molecule has 2 aromatic carbocycles. The van der Waals surface area contributed by atoms with Gasteiger partial charge in [-0.15, -0.1) is 0 Å². The molecular weight excluding hydrogens is 340 g/mol. The van der Waals surface area contributed by atoms with Crippen LogP contribution in [0.5, 0.6) is 0 Å². The molecule has 0 fully saturated rings. The maximum Gasteiger partial charge on any atom is 0.328 e. The minimum Gasteiger partial charge on any atom is -0.382 e. The summed E-state index contributed by atoms with van der Waals surface area (Å²) in [5.74, 6) is 0.739. The predicted octanol–water partition coefficient (Wildman–Crippen LogP) is 2.39. The summed E-state index contributed by atoms with van der Waals surface area (Å²) in [6.07, 6.45) is 0. The van der Waals surface area contributed by atoms with Crippen LogP contribution in [-0.4, -0.2) is 26.6 Å². The van der Waals surface area contributed by atoms with E-state index in [0.29, 0.717) is 30.2 Å². The Hall–Kier alpha value is -3.61. The van der Waals surface area contributed by atoms with Gasteiger partial charge in [0.15, 0.2) is 11.5 Å². The topological polar surface area (TPSA) is 92.8 Å². The lowest BCUT2D eigenvalue weighted by atomic mass is 10.2. The van der Waals surface area contributed by atoms with Gasteiger partial charge < -0.3 is 15.6 Å². The molecule has 0 aliphatic carbocycles. The number of rotatable bonds is 5. The molecule has 4 rings (SSSR count). The Morgan fingerprint density at radius 2 is 1.63 bits per heavy atom. The minimum atomic E-state index is -0.252. The van der Waals surface area contributed by atoms with E-state index in [-0.39, 0.29) is 11.5 Å². The molecular formula is C20H20N6O. The first-order valence-corrected chi connectivity index (χ1v) is 8.67. The number of nitrogens with two attached hydrogens (primary N) is 1. The lowest BCUT2D eigenvalue weighted by molar-refractivity contribution is 0.774. The van der Waals surface area contributed by atoms with Gasteiger partial charge in [0.2, 0.25) is 5.95 Å². The molecule has 3 N–H and O–H groups in total. The van der Waals surface area contributed by atoms with Gasteiger partial charge in [-0.2, -0.15) is 9.97 Å².